The highest BCUT2D eigenvalue weighted by atomic mass is 35.5. The molecule has 5 rings (SSSR count). The van der Waals surface area contributed by atoms with E-state index in [0.717, 1.165) is 23.6 Å². The summed E-state index contributed by atoms with van der Waals surface area (Å²) in [6.07, 6.45) is -0.830. The van der Waals surface area contributed by atoms with Crippen LogP contribution in [0.2, 0.25) is 5.02 Å². The Kier molecular flexibility index (Phi) is 6.97. The molecule has 212 valence electrons. The quantitative estimate of drug-likeness (QED) is 0.488. The van der Waals surface area contributed by atoms with E-state index in [1.807, 2.05) is 0 Å². The highest BCUT2D eigenvalue weighted by molar-refractivity contribution is 6.31. The Labute approximate surface area is 229 Å². The third kappa shape index (κ3) is 5.39. The maximum absolute atomic E-state index is 15.5. The SMILES string of the molecule is Cn1nnc(COc2c(F)cc(Cl)c3c2C(CN2CC4(CC4)CC2=O)N(C(=O)OC(C)(C)C)CC3)c1C(F)F. The van der Waals surface area contributed by atoms with Gasteiger partial charge < -0.3 is 14.4 Å². The Balaban J connectivity index is 1.54. The van der Waals surface area contributed by atoms with Crippen LogP contribution < -0.4 is 4.74 Å². The molecule has 1 spiro atoms. The predicted molar refractivity (Wildman–Crippen MR) is 134 cm³/mol. The van der Waals surface area contributed by atoms with Crippen molar-refractivity contribution in [2.24, 2.45) is 12.5 Å². The molecular weight excluding hydrogens is 539 g/mol. The first kappa shape index (κ1) is 27.5. The first-order chi connectivity index (χ1) is 18.3. The molecule has 1 saturated heterocycles. The van der Waals surface area contributed by atoms with E-state index in [4.69, 9.17) is 21.1 Å². The zero-order valence-electron chi connectivity index (χ0n) is 22.3. The van der Waals surface area contributed by atoms with Crippen molar-refractivity contribution in [2.75, 3.05) is 19.6 Å². The van der Waals surface area contributed by atoms with Gasteiger partial charge in [-0.25, -0.2) is 22.6 Å². The summed E-state index contributed by atoms with van der Waals surface area (Å²) in [7, 11) is 1.33. The molecule has 3 aliphatic rings. The molecule has 1 unspecified atom stereocenters. The molecule has 13 heteroatoms. The number of aryl methyl sites for hydroxylation is 1. The molecule has 0 bridgehead atoms. The Morgan fingerprint density at radius 1 is 1.31 bits per heavy atom. The fourth-order valence-corrected chi connectivity index (χ4v) is 5.76. The average Bonchev–Trinajstić information content (AvgIpc) is 3.35. The smallest absolute Gasteiger partial charge is 0.410 e. The number of amides is 2. The van der Waals surface area contributed by atoms with Crippen molar-refractivity contribution in [2.45, 2.75) is 71.1 Å². The molecule has 1 aliphatic carbocycles. The molecule has 2 aromatic rings. The van der Waals surface area contributed by atoms with Crippen LogP contribution in [0.1, 0.15) is 75.0 Å². The summed E-state index contributed by atoms with van der Waals surface area (Å²) >= 11 is 6.47. The number of rotatable bonds is 6. The zero-order chi connectivity index (χ0) is 28.3. The van der Waals surface area contributed by atoms with Crippen molar-refractivity contribution in [3.05, 3.63) is 39.4 Å². The van der Waals surface area contributed by atoms with Crippen LogP contribution in [0, 0.1) is 11.2 Å². The van der Waals surface area contributed by atoms with Gasteiger partial charge in [0.15, 0.2) is 11.6 Å². The fourth-order valence-electron chi connectivity index (χ4n) is 5.47. The average molecular weight is 570 g/mol. The molecule has 0 radical (unpaired) electrons. The van der Waals surface area contributed by atoms with Crippen molar-refractivity contribution in [3.8, 4) is 5.75 Å². The monoisotopic (exact) mass is 569 g/mol. The topological polar surface area (TPSA) is 89.8 Å². The number of carbonyl (C=O) groups is 2. The molecule has 2 fully saturated rings. The van der Waals surface area contributed by atoms with Crippen molar-refractivity contribution in [3.63, 3.8) is 0 Å². The van der Waals surface area contributed by atoms with Crippen LogP contribution >= 0.6 is 11.6 Å². The molecule has 9 nitrogen and oxygen atoms in total. The third-order valence-corrected chi connectivity index (χ3v) is 7.87. The van der Waals surface area contributed by atoms with Gasteiger partial charge in [-0.1, -0.05) is 16.8 Å². The molecule has 2 amide bonds. The largest absolute Gasteiger partial charge is 0.484 e. The Morgan fingerprint density at radius 3 is 2.64 bits per heavy atom. The van der Waals surface area contributed by atoms with Crippen molar-refractivity contribution >= 4 is 23.6 Å². The molecule has 1 aromatic heterocycles. The van der Waals surface area contributed by atoms with Gasteiger partial charge in [0, 0.05) is 43.7 Å². The van der Waals surface area contributed by atoms with E-state index in [1.165, 1.54) is 11.9 Å². The number of fused-ring (bicyclic) bond motifs is 1. The van der Waals surface area contributed by atoms with Gasteiger partial charge in [0.25, 0.3) is 6.43 Å². The summed E-state index contributed by atoms with van der Waals surface area (Å²) in [6.45, 7) is 5.61. The van der Waals surface area contributed by atoms with Crippen LogP contribution in [0.15, 0.2) is 6.07 Å². The number of hydrogen-bond donors (Lipinski definition) is 0. The van der Waals surface area contributed by atoms with Crippen LogP contribution in [-0.2, 0) is 29.6 Å². The maximum atomic E-state index is 15.5. The van der Waals surface area contributed by atoms with Crippen LogP contribution in [0.5, 0.6) is 5.75 Å². The van der Waals surface area contributed by atoms with Crippen LogP contribution in [-0.4, -0.2) is 62.0 Å². The lowest BCUT2D eigenvalue weighted by molar-refractivity contribution is -0.128. The predicted octanol–water partition coefficient (Wildman–Crippen LogP) is 4.97. The minimum Gasteiger partial charge on any atom is -0.484 e. The minimum absolute atomic E-state index is 0.0259. The van der Waals surface area contributed by atoms with E-state index in [0.29, 0.717) is 24.1 Å². The number of ether oxygens (including phenoxy) is 2. The first-order valence-electron chi connectivity index (χ1n) is 12.9. The van der Waals surface area contributed by atoms with Crippen LogP contribution in [0.3, 0.4) is 0 Å². The standard InChI is InChI=1S/C26H31ClF3N5O4/c1-25(2,3)39-24(37)35-8-5-14-15(27)9-16(28)22(38-12-17-21(23(29)30)33(4)32-31-17)20(14)18(35)11-34-13-26(6-7-26)10-19(34)36/h9,18,23H,5-8,10-13H2,1-4H3. The van der Waals surface area contributed by atoms with Gasteiger partial charge in [-0.3, -0.25) is 9.69 Å². The molecule has 3 heterocycles. The van der Waals surface area contributed by atoms with Gasteiger partial charge in [-0.15, -0.1) is 5.10 Å². The minimum atomic E-state index is -2.86. The second kappa shape index (κ2) is 9.87. The van der Waals surface area contributed by atoms with Gasteiger partial charge >= 0.3 is 6.09 Å². The summed E-state index contributed by atoms with van der Waals surface area (Å²) in [5, 5.41) is 7.54. The molecule has 1 saturated carbocycles. The molecule has 2 aliphatic heterocycles. The lowest BCUT2D eigenvalue weighted by atomic mass is 9.91. The molecular formula is C26H31ClF3N5O4. The number of halogens is 4. The summed E-state index contributed by atoms with van der Waals surface area (Å²) < 4.78 is 55.1. The van der Waals surface area contributed by atoms with Gasteiger partial charge in [-0.05, 0) is 57.1 Å². The molecule has 39 heavy (non-hydrogen) atoms. The van der Waals surface area contributed by atoms with Gasteiger partial charge in [0.05, 0.1) is 6.04 Å². The lowest BCUT2D eigenvalue weighted by Crippen LogP contribution is -2.47. The van der Waals surface area contributed by atoms with Crippen molar-refractivity contribution in [1.82, 2.24) is 24.8 Å². The van der Waals surface area contributed by atoms with E-state index in [1.54, 1.807) is 25.7 Å². The summed E-state index contributed by atoms with van der Waals surface area (Å²) in [4.78, 5) is 29.4. The summed E-state index contributed by atoms with van der Waals surface area (Å²) in [6, 6.07) is 0.280. The normalized spacial score (nSPS) is 20.1. The van der Waals surface area contributed by atoms with Gasteiger partial charge in [0.1, 0.15) is 23.6 Å². The van der Waals surface area contributed by atoms with Crippen molar-refractivity contribution in [1.29, 1.82) is 0 Å². The second-order valence-corrected chi connectivity index (χ2v) is 12.0. The van der Waals surface area contributed by atoms with E-state index < -0.39 is 42.3 Å². The Bertz CT molecular complexity index is 1310. The van der Waals surface area contributed by atoms with Crippen LogP contribution in [0.4, 0.5) is 18.0 Å². The van der Waals surface area contributed by atoms with E-state index in [2.05, 4.69) is 10.3 Å². The number of nitrogens with zero attached hydrogens (tertiary/aromatic N) is 5. The molecule has 1 aromatic carbocycles. The van der Waals surface area contributed by atoms with Crippen LogP contribution in [0.25, 0.3) is 0 Å². The van der Waals surface area contributed by atoms with Gasteiger partial charge in [0.2, 0.25) is 5.91 Å². The van der Waals surface area contributed by atoms with E-state index >= 15 is 4.39 Å². The summed E-state index contributed by atoms with van der Waals surface area (Å²) in [5.41, 5.74) is -0.537. The second-order valence-electron chi connectivity index (χ2n) is 11.6. The lowest BCUT2D eigenvalue weighted by Gasteiger charge is -2.40. The highest BCUT2D eigenvalue weighted by Crippen LogP contribution is 2.54. The summed E-state index contributed by atoms with van der Waals surface area (Å²) in [5.74, 6) is -1.08. The number of likely N-dealkylation sites (tertiary alicyclic amines) is 1. The van der Waals surface area contributed by atoms with E-state index in [9.17, 15) is 18.4 Å². The van der Waals surface area contributed by atoms with E-state index in [-0.39, 0.29) is 47.3 Å². The Hall–Kier alpha value is -3.02. The maximum Gasteiger partial charge on any atom is 0.410 e. The molecule has 1 atom stereocenters. The number of benzene rings is 1. The first-order valence-corrected chi connectivity index (χ1v) is 13.2. The van der Waals surface area contributed by atoms with Crippen molar-refractivity contribution < 1.29 is 32.2 Å². The zero-order valence-corrected chi connectivity index (χ0v) is 23.0. The highest BCUT2D eigenvalue weighted by Gasteiger charge is 2.52. The third-order valence-electron chi connectivity index (χ3n) is 7.53. The van der Waals surface area contributed by atoms with Gasteiger partial charge in [-0.2, -0.15) is 0 Å². The number of alkyl halides is 2. The number of carbonyl (C=O) groups excluding carboxylic acids is 2. The number of hydrogen-bond acceptors (Lipinski definition) is 6. The molecule has 0 N–H and O–H groups in total. The number of aromatic nitrogens is 3. The fraction of sp³-hybridized carbons (Fsp3) is 0.615. The Morgan fingerprint density at radius 2 is 2.03 bits per heavy atom.